The van der Waals surface area contributed by atoms with Gasteiger partial charge in [0.2, 0.25) is 0 Å². The average Bonchev–Trinajstić information content (AvgIpc) is 2.30. The van der Waals surface area contributed by atoms with Gasteiger partial charge < -0.3 is 10.3 Å². The summed E-state index contributed by atoms with van der Waals surface area (Å²) in [6.45, 7) is 8.64. The van der Waals surface area contributed by atoms with Crippen LogP contribution < -0.4 is 4.90 Å². The molecule has 0 aliphatic carbocycles. The molecule has 1 N–H and O–H groups in total. The molecule has 4 heteroatoms. The van der Waals surface area contributed by atoms with Gasteiger partial charge in [-0.15, -0.1) is 0 Å². The third kappa shape index (κ3) is 6.15. The summed E-state index contributed by atoms with van der Waals surface area (Å²) in [5, 5.41) is 14.0. The largest absolute Gasteiger partial charge is 0.350 e. The molecule has 0 bridgehead atoms. The molecular formula is C11H16N4. The van der Waals surface area contributed by atoms with Gasteiger partial charge in [0, 0.05) is 12.8 Å². The summed E-state index contributed by atoms with van der Waals surface area (Å²) in [6.07, 6.45) is 6.55. The van der Waals surface area contributed by atoms with E-state index in [2.05, 4.69) is 23.4 Å². The molecule has 0 spiro atoms. The van der Waals surface area contributed by atoms with Crippen LogP contribution in [0.4, 0.5) is 5.69 Å². The monoisotopic (exact) mass is 204 g/mol. The first kappa shape index (κ1) is 13.0. The molecule has 15 heavy (non-hydrogen) atoms. The summed E-state index contributed by atoms with van der Waals surface area (Å²) >= 11 is 0. The molecule has 0 aromatic carbocycles. The van der Waals surface area contributed by atoms with E-state index in [1.54, 1.807) is 25.5 Å². The number of nitrogens with zero attached hydrogens (tertiary/aromatic N) is 3. The molecule has 0 radical (unpaired) electrons. The van der Waals surface area contributed by atoms with Gasteiger partial charge in [-0.2, -0.15) is 10.2 Å². The Morgan fingerprint density at radius 3 is 2.40 bits per heavy atom. The molecule has 0 aliphatic rings. The van der Waals surface area contributed by atoms with E-state index in [-0.39, 0.29) is 0 Å². The maximum absolute atomic E-state index is 6.62. The van der Waals surface area contributed by atoms with E-state index in [9.17, 15) is 0 Å². The van der Waals surface area contributed by atoms with Crippen molar-refractivity contribution in [2.24, 2.45) is 0 Å². The van der Waals surface area contributed by atoms with Gasteiger partial charge in [0.15, 0.2) is 0 Å². The SMILES string of the molecule is C=CC(C)=N.C=CN(C)c1ccnnc1. The summed E-state index contributed by atoms with van der Waals surface area (Å²) in [6, 6.07) is 1.87. The van der Waals surface area contributed by atoms with E-state index in [1.807, 2.05) is 18.0 Å². The second-order valence-electron chi connectivity index (χ2n) is 2.78. The maximum atomic E-state index is 6.62. The minimum Gasteiger partial charge on any atom is -0.350 e. The van der Waals surface area contributed by atoms with E-state index in [0.717, 1.165) is 5.69 Å². The number of hydrogen-bond acceptors (Lipinski definition) is 4. The van der Waals surface area contributed by atoms with Crippen LogP contribution in [0.1, 0.15) is 6.92 Å². The van der Waals surface area contributed by atoms with Crippen LogP contribution in [0.3, 0.4) is 0 Å². The minimum atomic E-state index is 0.519. The Bertz CT molecular complexity index is 319. The van der Waals surface area contributed by atoms with Gasteiger partial charge in [-0.1, -0.05) is 13.2 Å². The fraction of sp³-hybridized carbons (Fsp3) is 0.182. The van der Waals surface area contributed by atoms with E-state index in [1.165, 1.54) is 6.08 Å². The van der Waals surface area contributed by atoms with Crippen molar-refractivity contribution < 1.29 is 0 Å². The first-order valence-corrected chi connectivity index (χ1v) is 4.41. The topological polar surface area (TPSA) is 52.9 Å². The predicted molar refractivity (Wildman–Crippen MR) is 64.2 cm³/mol. The van der Waals surface area contributed by atoms with Crippen molar-refractivity contribution in [2.45, 2.75) is 6.92 Å². The van der Waals surface area contributed by atoms with Crippen LogP contribution in [0.15, 0.2) is 43.9 Å². The first-order chi connectivity index (χ1) is 7.11. The highest BCUT2D eigenvalue weighted by Gasteiger charge is 1.92. The molecule has 0 fully saturated rings. The van der Waals surface area contributed by atoms with Crippen molar-refractivity contribution in [1.29, 1.82) is 5.41 Å². The Labute approximate surface area is 90.5 Å². The van der Waals surface area contributed by atoms with Gasteiger partial charge in [-0.3, -0.25) is 0 Å². The Balaban J connectivity index is 0.000000336. The number of allylic oxidation sites excluding steroid dienone is 1. The van der Waals surface area contributed by atoms with E-state index in [0.29, 0.717) is 5.71 Å². The number of aromatic nitrogens is 2. The highest BCUT2D eigenvalue weighted by Crippen LogP contribution is 2.06. The minimum absolute atomic E-state index is 0.519. The van der Waals surface area contributed by atoms with Crippen LogP contribution >= 0.6 is 0 Å². The molecular weight excluding hydrogens is 188 g/mol. The third-order valence-corrected chi connectivity index (χ3v) is 1.56. The second kappa shape index (κ2) is 7.44. The predicted octanol–water partition coefficient (Wildman–Crippen LogP) is 2.27. The number of hydrogen-bond donors (Lipinski definition) is 1. The highest BCUT2D eigenvalue weighted by atomic mass is 15.1. The molecule has 1 aromatic rings. The summed E-state index contributed by atoms with van der Waals surface area (Å²) in [7, 11) is 1.91. The Hall–Kier alpha value is -1.97. The summed E-state index contributed by atoms with van der Waals surface area (Å²) in [5.74, 6) is 0. The number of nitrogens with one attached hydrogen (secondary N) is 1. The molecule has 0 unspecified atom stereocenters. The molecule has 0 aliphatic heterocycles. The lowest BCUT2D eigenvalue weighted by molar-refractivity contribution is 1.01. The second-order valence-corrected chi connectivity index (χ2v) is 2.78. The molecule has 0 amide bonds. The maximum Gasteiger partial charge on any atom is 0.0733 e. The van der Waals surface area contributed by atoms with E-state index < -0.39 is 0 Å². The van der Waals surface area contributed by atoms with Gasteiger partial charge in [0.05, 0.1) is 18.1 Å². The molecule has 1 rings (SSSR count). The quantitative estimate of drug-likeness (QED) is 0.768. The van der Waals surface area contributed by atoms with E-state index >= 15 is 0 Å². The number of rotatable bonds is 3. The average molecular weight is 204 g/mol. The van der Waals surface area contributed by atoms with Gasteiger partial charge in [0.25, 0.3) is 0 Å². The Kier molecular flexibility index (Phi) is 6.46. The molecule has 4 nitrogen and oxygen atoms in total. The van der Waals surface area contributed by atoms with Crippen molar-refractivity contribution in [2.75, 3.05) is 11.9 Å². The molecule has 0 saturated heterocycles. The molecule has 80 valence electrons. The first-order valence-electron chi connectivity index (χ1n) is 4.41. The zero-order valence-electron chi connectivity index (χ0n) is 9.14. The van der Waals surface area contributed by atoms with Gasteiger partial charge in [-0.05, 0) is 25.3 Å². The lowest BCUT2D eigenvalue weighted by Gasteiger charge is -2.10. The van der Waals surface area contributed by atoms with Crippen LogP contribution in [-0.4, -0.2) is 23.0 Å². The fourth-order valence-electron chi connectivity index (χ4n) is 0.598. The van der Waals surface area contributed by atoms with Crippen LogP contribution in [0, 0.1) is 5.41 Å². The third-order valence-electron chi connectivity index (χ3n) is 1.56. The normalized spacial score (nSPS) is 8.13. The zero-order valence-corrected chi connectivity index (χ0v) is 9.14. The molecule has 1 heterocycles. The number of anilines is 1. The summed E-state index contributed by atoms with van der Waals surface area (Å²) in [5.41, 5.74) is 1.51. The van der Waals surface area contributed by atoms with Gasteiger partial charge in [0.1, 0.15) is 0 Å². The van der Waals surface area contributed by atoms with Crippen molar-refractivity contribution in [1.82, 2.24) is 10.2 Å². The molecule has 0 saturated carbocycles. The smallest absolute Gasteiger partial charge is 0.0733 e. The van der Waals surface area contributed by atoms with Crippen molar-refractivity contribution >= 4 is 11.4 Å². The standard InChI is InChI=1S/C7H9N3.C4H7N/c1-3-10(2)7-4-5-8-9-6-7;1-3-4(2)5/h3-6H,1H2,2H3;3,5H,1H2,2H3. The van der Waals surface area contributed by atoms with E-state index in [4.69, 9.17) is 5.41 Å². The lowest BCUT2D eigenvalue weighted by Crippen LogP contribution is -2.06. The van der Waals surface area contributed by atoms with Crippen LogP contribution in [-0.2, 0) is 0 Å². The molecule has 1 aromatic heterocycles. The van der Waals surface area contributed by atoms with Gasteiger partial charge in [-0.25, -0.2) is 0 Å². The van der Waals surface area contributed by atoms with Crippen molar-refractivity contribution in [3.8, 4) is 0 Å². The van der Waals surface area contributed by atoms with Crippen LogP contribution in [0.2, 0.25) is 0 Å². The summed E-state index contributed by atoms with van der Waals surface area (Å²) < 4.78 is 0. The van der Waals surface area contributed by atoms with Gasteiger partial charge >= 0.3 is 0 Å². The zero-order chi connectivity index (χ0) is 11.7. The van der Waals surface area contributed by atoms with Crippen molar-refractivity contribution in [3.05, 3.63) is 43.9 Å². The summed E-state index contributed by atoms with van der Waals surface area (Å²) in [4.78, 5) is 1.87. The lowest BCUT2D eigenvalue weighted by atomic mass is 10.4. The Morgan fingerprint density at radius 1 is 1.47 bits per heavy atom. The Morgan fingerprint density at radius 2 is 2.07 bits per heavy atom. The van der Waals surface area contributed by atoms with Crippen molar-refractivity contribution in [3.63, 3.8) is 0 Å². The highest BCUT2D eigenvalue weighted by molar-refractivity contribution is 5.89. The van der Waals surface area contributed by atoms with Crippen LogP contribution in [0.5, 0.6) is 0 Å². The van der Waals surface area contributed by atoms with Crippen LogP contribution in [0.25, 0.3) is 0 Å². The fourth-order valence-corrected chi connectivity index (χ4v) is 0.598. The molecule has 0 atom stereocenters.